The van der Waals surface area contributed by atoms with Crippen molar-refractivity contribution in [1.82, 2.24) is 4.90 Å². The summed E-state index contributed by atoms with van der Waals surface area (Å²) in [5.41, 5.74) is 0.745. The van der Waals surface area contributed by atoms with E-state index in [2.05, 4.69) is 4.74 Å². The van der Waals surface area contributed by atoms with Gasteiger partial charge >= 0.3 is 12.3 Å². The van der Waals surface area contributed by atoms with Gasteiger partial charge in [-0.15, -0.1) is 13.2 Å². The summed E-state index contributed by atoms with van der Waals surface area (Å²) in [5.74, 6) is -1.54. The fraction of sp³-hybridized carbons (Fsp3) is 0.556. The van der Waals surface area contributed by atoms with E-state index in [0.717, 1.165) is 5.69 Å². The molecule has 10 heteroatoms. The number of hydrogen-bond acceptors (Lipinski definition) is 6. The smallest absolute Gasteiger partial charge is 0.433 e. The van der Waals surface area contributed by atoms with Gasteiger partial charge in [-0.05, 0) is 38.1 Å². The molecule has 1 amide bonds. The average molecular weight is 402 g/mol. The Morgan fingerprint density at radius 2 is 1.93 bits per heavy atom. The summed E-state index contributed by atoms with van der Waals surface area (Å²) in [6.07, 6.45) is -5.60. The number of anilines is 1. The van der Waals surface area contributed by atoms with E-state index in [-0.39, 0.29) is 24.3 Å². The first-order chi connectivity index (χ1) is 13.1. The van der Waals surface area contributed by atoms with Crippen molar-refractivity contribution in [3.05, 3.63) is 24.3 Å². The number of piperazine rings is 1. The fourth-order valence-electron chi connectivity index (χ4n) is 3.35. The Morgan fingerprint density at radius 3 is 2.46 bits per heavy atom. The summed E-state index contributed by atoms with van der Waals surface area (Å²) in [5, 5.41) is 0. The van der Waals surface area contributed by atoms with Crippen molar-refractivity contribution in [3.8, 4) is 5.75 Å². The van der Waals surface area contributed by atoms with Crippen LogP contribution in [0, 0.1) is 5.92 Å². The number of carbonyl (C=O) groups excluding carboxylic acids is 2. The maximum absolute atomic E-state index is 12.7. The van der Waals surface area contributed by atoms with Gasteiger partial charge in [-0.3, -0.25) is 4.79 Å². The van der Waals surface area contributed by atoms with Crippen molar-refractivity contribution in [2.45, 2.75) is 32.5 Å². The molecule has 1 aromatic carbocycles. The third-order valence-electron chi connectivity index (χ3n) is 4.76. The third kappa shape index (κ3) is 4.67. The molecule has 1 aromatic rings. The quantitative estimate of drug-likeness (QED) is 0.719. The lowest BCUT2D eigenvalue weighted by Gasteiger charge is -2.42. The molecule has 2 heterocycles. The molecule has 154 valence electrons. The molecule has 2 unspecified atom stereocenters. The normalized spacial score (nSPS) is 24.1. The molecule has 0 aromatic heterocycles. The van der Waals surface area contributed by atoms with E-state index in [1.165, 1.54) is 12.1 Å². The van der Waals surface area contributed by atoms with Gasteiger partial charge in [-0.1, -0.05) is 0 Å². The van der Waals surface area contributed by atoms with Crippen molar-refractivity contribution in [2.24, 2.45) is 5.92 Å². The Hall–Kier alpha value is -2.49. The molecule has 2 fully saturated rings. The zero-order valence-electron chi connectivity index (χ0n) is 15.4. The number of cyclic esters (lactones) is 1. The molecule has 0 aliphatic carbocycles. The predicted octanol–water partition coefficient (Wildman–Crippen LogP) is 2.16. The highest BCUT2D eigenvalue weighted by Gasteiger charge is 2.38. The van der Waals surface area contributed by atoms with Gasteiger partial charge in [-0.2, -0.15) is 0 Å². The Bertz CT molecular complexity index is 725. The maximum Gasteiger partial charge on any atom is 0.573 e. The minimum atomic E-state index is -4.73. The van der Waals surface area contributed by atoms with Gasteiger partial charge in [0.2, 0.25) is 12.2 Å². The molecule has 0 spiro atoms. The van der Waals surface area contributed by atoms with Crippen LogP contribution in [-0.2, 0) is 19.1 Å². The van der Waals surface area contributed by atoms with Gasteiger partial charge in [0, 0.05) is 31.4 Å². The molecule has 0 radical (unpaired) electrons. The van der Waals surface area contributed by atoms with Gasteiger partial charge in [0.05, 0.1) is 5.92 Å². The molecule has 28 heavy (non-hydrogen) atoms. The lowest BCUT2D eigenvalue weighted by Crippen LogP contribution is -2.56. The Kier molecular flexibility index (Phi) is 5.69. The maximum atomic E-state index is 12.7. The van der Waals surface area contributed by atoms with E-state index >= 15 is 0 Å². The van der Waals surface area contributed by atoms with Crippen LogP contribution in [0.25, 0.3) is 0 Å². The molecule has 3 rings (SSSR count). The molecule has 2 aliphatic heterocycles. The number of ether oxygens (including phenoxy) is 3. The molecule has 0 saturated carbocycles. The van der Waals surface area contributed by atoms with Crippen LogP contribution >= 0.6 is 0 Å². The number of nitrogens with zero attached hydrogens (tertiary/aromatic N) is 2. The predicted molar refractivity (Wildman–Crippen MR) is 91.5 cm³/mol. The van der Waals surface area contributed by atoms with E-state index in [1.54, 1.807) is 24.0 Å². The van der Waals surface area contributed by atoms with Crippen LogP contribution in [0.5, 0.6) is 5.75 Å². The Morgan fingerprint density at radius 1 is 1.25 bits per heavy atom. The fourth-order valence-corrected chi connectivity index (χ4v) is 3.35. The molecular formula is C18H21F3N2O5. The first kappa shape index (κ1) is 20.2. The van der Waals surface area contributed by atoms with E-state index < -0.39 is 24.5 Å². The van der Waals surface area contributed by atoms with Crippen molar-refractivity contribution in [3.63, 3.8) is 0 Å². The number of amides is 1. The number of rotatable bonds is 4. The average Bonchev–Trinajstić information content (AvgIpc) is 3.06. The summed E-state index contributed by atoms with van der Waals surface area (Å²) >= 11 is 0. The van der Waals surface area contributed by atoms with Gasteiger partial charge in [0.15, 0.2) is 0 Å². The molecule has 0 N–H and O–H groups in total. The number of halogens is 3. The lowest BCUT2D eigenvalue weighted by molar-refractivity contribution is -0.274. The largest absolute Gasteiger partial charge is 0.573 e. The number of esters is 1. The monoisotopic (exact) mass is 402 g/mol. The summed E-state index contributed by atoms with van der Waals surface area (Å²) in [6, 6.07) is 5.50. The number of carbonyl (C=O) groups is 2. The first-order valence-corrected chi connectivity index (χ1v) is 8.86. The Balaban J connectivity index is 1.58. The topological polar surface area (TPSA) is 68.3 Å². The first-order valence-electron chi connectivity index (χ1n) is 8.86. The molecule has 0 bridgehead atoms. The highest BCUT2D eigenvalue weighted by atomic mass is 19.4. The minimum absolute atomic E-state index is 0.132. The van der Waals surface area contributed by atoms with E-state index in [0.29, 0.717) is 19.6 Å². The molecule has 2 aliphatic rings. The lowest BCUT2D eigenvalue weighted by atomic mass is 10.1. The van der Waals surface area contributed by atoms with Crippen LogP contribution in [0.1, 0.15) is 13.8 Å². The zero-order chi connectivity index (χ0) is 20.5. The van der Waals surface area contributed by atoms with Crippen molar-refractivity contribution < 1.29 is 37.0 Å². The second-order valence-corrected chi connectivity index (χ2v) is 6.83. The second kappa shape index (κ2) is 7.86. The van der Waals surface area contributed by atoms with Crippen molar-refractivity contribution in [2.75, 3.05) is 31.1 Å². The standard InChI is InChI=1S/C18H21F3N2O5/c1-11-9-22(13-3-5-14(6-4-13)28-18(19,20)21)7-8-23(11)16(25)12(2)17-26-10-15(24)27-17/h3-6,11-12,17H,7-10H2,1-2H3/t11-,12?,17?/m1/s1. The van der Waals surface area contributed by atoms with Gasteiger partial charge in [0.1, 0.15) is 12.4 Å². The SMILES string of the molecule is CC(C(=O)N1CCN(c2ccc(OC(F)(F)F)cc2)C[C@H]1C)C1OCC(=O)O1. The van der Waals surface area contributed by atoms with Gasteiger partial charge in [0.25, 0.3) is 0 Å². The van der Waals surface area contributed by atoms with E-state index in [4.69, 9.17) is 9.47 Å². The van der Waals surface area contributed by atoms with E-state index in [1.807, 2.05) is 11.8 Å². The minimum Gasteiger partial charge on any atom is -0.433 e. The van der Waals surface area contributed by atoms with Gasteiger partial charge in [-0.25, -0.2) is 4.79 Å². The Labute approximate surface area is 159 Å². The summed E-state index contributed by atoms with van der Waals surface area (Å²) < 4.78 is 50.8. The van der Waals surface area contributed by atoms with Crippen LogP contribution in [0.15, 0.2) is 24.3 Å². The summed E-state index contributed by atoms with van der Waals surface area (Å²) in [7, 11) is 0. The van der Waals surface area contributed by atoms with Crippen molar-refractivity contribution in [1.29, 1.82) is 0 Å². The number of alkyl halides is 3. The van der Waals surface area contributed by atoms with E-state index in [9.17, 15) is 22.8 Å². The molecular weight excluding hydrogens is 381 g/mol. The van der Waals surface area contributed by atoms with Crippen molar-refractivity contribution >= 4 is 17.6 Å². The van der Waals surface area contributed by atoms with Crippen LogP contribution < -0.4 is 9.64 Å². The molecule has 7 nitrogen and oxygen atoms in total. The number of hydrogen-bond donors (Lipinski definition) is 0. The number of benzene rings is 1. The van der Waals surface area contributed by atoms with Crippen LogP contribution in [0.3, 0.4) is 0 Å². The van der Waals surface area contributed by atoms with Gasteiger partial charge < -0.3 is 24.0 Å². The second-order valence-electron chi connectivity index (χ2n) is 6.83. The third-order valence-corrected chi connectivity index (χ3v) is 4.76. The highest BCUT2D eigenvalue weighted by molar-refractivity contribution is 5.81. The van der Waals surface area contributed by atoms with Crippen LogP contribution in [-0.4, -0.2) is 61.7 Å². The summed E-state index contributed by atoms with van der Waals surface area (Å²) in [6.45, 7) is 4.87. The van der Waals surface area contributed by atoms with Crippen LogP contribution in [0.2, 0.25) is 0 Å². The summed E-state index contributed by atoms with van der Waals surface area (Å²) in [4.78, 5) is 27.6. The molecule has 2 saturated heterocycles. The molecule has 3 atom stereocenters. The zero-order valence-corrected chi connectivity index (χ0v) is 15.4. The van der Waals surface area contributed by atoms with Crippen LogP contribution in [0.4, 0.5) is 18.9 Å². The highest BCUT2D eigenvalue weighted by Crippen LogP contribution is 2.27.